The summed E-state index contributed by atoms with van der Waals surface area (Å²) in [4.78, 5) is 10.2. The van der Waals surface area contributed by atoms with Crippen LogP contribution in [0.1, 0.15) is 36.8 Å². The molecule has 156 valence electrons. The fourth-order valence-corrected chi connectivity index (χ4v) is 4.99. The molecule has 1 aromatic heterocycles. The number of rotatable bonds is 5. The largest absolute Gasteiger partial charge is 0.371 e. The van der Waals surface area contributed by atoms with Crippen molar-refractivity contribution in [2.24, 2.45) is 0 Å². The highest BCUT2D eigenvalue weighted by Gasteiger charge is 2.27. The van der Waals surface area contributed by atoms with E-state index in [0.29, 0.717) is 0 Å². The monoisotopic (exact) mass is 400 g/mol. The highest BCUT2D eigenvalue weighted by atomic mass is 15.2. The second-order valence-electron chi connectivity index (χ2n) is 8.84. The van der Waals surface area contributed by atoms with E-state index >= 15 is 0 Å². The standard InChI is InChI=1S/C26H32N4/c1-20-8-10-21(11-9-20)19-27-26-18-25(23-6-2-3-7-24(23)28-26)30-16-12-22(13-17-30)29-14-4-5-15-29/h2-3,6-11,18,22H,4-5,12-17,19H2,1H3,(H,27,28). The third-order valence-electron chi connectivity index (χ3n) is 6.75. The number of hydrogen-bond acceptors (Lipinski definition) is 4. The van der Waals surface area contributed by atoms with Crippen molar-refractivity contribution in [1.82, 2.24) is 9.88 Å². The van der Waals surface area contributed by atoms with Gasteiger partial charge in [0.2, 0.25) is 0 Å². The molecular weight excluding hydrogens is 368 g/mol. The average molecular weight is 401 g/mol. The Bertz CT molecular complexity index is 984. The van der Waals surface area contributed by atoms with Crippen LogP contribution in [0.3, 0.4) is 0 Å². The number of para-hydroxylation sites is 1. The summed E-state index contributed by atoms with van der Waals surface area (Å²) >= 11 is 0. The molecule has 0 unspecified atom stereocenters. The summed E-state index contributed by atoms with van der Waals surface area (Å²) in [5.74, 6) is 0.964. The van der Waals surface area contributed by atoms with Crippen LogP contribution in [0.25, 0.3) is 10.9 Å². The zero-order valence-corrected chi connectivity index (χ0v) is 18.0. The van der Waals surface area contributed by atoms with E-state index < -0.39 is 0 Å². The van der Waals surface area contributed by atoms with Gasteiger partial charge in [0.15, 0.2) is 0 Å². The van der Waals surface area contributed by atoms with Crippen LogP contribution >= 0.6 is 0 Å². The predicted octanol–water partition coefficient (Wildman–Crippen LogP) is 5.22. The molecule has 4 nitrogen and oxygen atoms in total. The maximum Gasteiger partial charge on any atom is 0.129 e. The average Bonchev–Trinajstić information content (AvgIpc) is 3.33. The summed E-state index contributed by atoms with van der Waals surface area (Å²) in [6.07, 6.45) is 5.29. The Balaban J connectivity index is 1.35. The first-order valence-corrected chi connectivity index (χ1v) is 11.4. The molecule has 0 amide bonds. The molecular formula is C26H32N4. The topological polar surface area (TPSA) is 31.4 Å². The molecule has 2 aliphatic heterocycles. The predicted molar refractivity (Wildman–Crippen MR) is 126 cm³/mol. The normalized spacial score (nSPS) is 18.2. The van der Waals surface area contributed by atoms with Crippen molar-refractivity contribution in [2.45, 2.75) is 45.2 Å². The number of aromatic nitrogens is 1. The van der Waals surface area contributed by atoms with Crippen LogP contribution in [0.5, 0.6) is 0 Å². The molecule has 3 aromatic rings. The molecule has 0 saturated carbocycles. The van der Waals surface area contributed by atoms with Gasteiger partial charge in [-0.25, -0.2) is 4.98 Å². The van der Waals surface area contributed by atoms with Gasteiger partial charge in [-0.1, -0.05) is 48.0 Å². The third kappa shape index (κ3) is 4.15. The van der Waals surface area contributed by atoms with Gasteiger partial charge in [-0.15, -0.1) is 0 Å². The summed E-state index contributed by atoms with van der Waals surface area (Å²) in [6, 6.07) is 20.3. The lowest BCUT2D eigenvalue weighted by molar-refractivity contribution is 0.208. The van der Waals surface area contributed by atoms with Gasteiger partial charge in [0, 0.05) is 42.8 Å². The minimum Gasteiger partial charge on any atom is -0.371 e. The SMILES string of the molecule is Cc1ccc(CNc2cc(N3CCC(N4CCCC4)CC3)c3ccccc3n2)cc1. The second kappa shape index (κ2) is 8.65. The van der Waals surface area contributed by atoms with Crippen LogP contribution in [0, 0.1) is 6.92 Å². The van der Waals surface area contributed by atoms with Crippen LogP contribution in [0.2, 0.25) is 0 Å². The third-order valence-corrected chi connectivity index (χ3v) is 6.75. The minimum atomic E-state index is 0.774. The van der Waals surface area contributed by atoms with Crippen LogP contribution in [0.4, 0.5) is 11.5 Å². The summed E-state index contributed by atoms with van der Waals surface area (Å²) in [6.45, 7) is 7.79. The van der Waals surface area contributed by atoms with Gasteiger partial charge < -0.3 is 15.1 Å². The van der Waals surface area contributed by atoms with Crippen molar-refractivity contribution in [2.75, 3.05) is 36.4 Å². The molecule has 0 aliphatic carbocycles. The maximum absolute atomic E-state index is 4.90. The molecule has 4 heteroatoms. The lowest BCUT2D eigenvalue weighted by Crippen LogP contribution is -2.43. The number of benzene rings is 2. The number of piperidine rings is 1. The first-order chi connectivity index (χ1) is 14.8. The Hall–Kier alpha value is -2.59. The lowest BCUT2D eigenvalue weighted by Gasteiger charge is -2.38. The van der Waals surface area contributed by atoms with Gasteiger partial charge in [0.1, 0.15) is 5.82 Å². The number of aryl methyl sites for hydroxylation is 1. The van der Waals surface area contributed by atoms with Crippen LogP contribution in [0.15, 0.2) is 54.6 Å². The quantitative estimate of drug-likeness (QED) is 0.636. The minimum absolute atomic E-state index is 0.774. The maximum atomic E-state index is 4.90. The van der Waals surface area contributed by atoms with E-state index in [1.165, 1.54) is 61.0 Å². The number of likely N-dealkylation sites (tertiary alicyclic amines) is 1. The molecule has 0 atom stereocenters. The zero-order chi connectivity index (χ0) is 20.3. The van der Waals surface area contributed by atoms with Gasteiger partial charge in [0.05, 0.1) is 5.52 Å². The number of hydrogen-bond donors (Lipinski definition) is 1. The summed E-state index contributed by atoms with van der Waals surface area (Å²) in [5, 5.41) is 4.82. The van der Waals surface area contributed by atoms with Crippen molar-refractivity contribution < 1.29 is 0 Å². The number of fused-ring (bicyclic) bond motifs is 1. The van der Waals surface area contributed by atoms with Gasteiger partial charge in [-0.2, -0.15) is 0 Å². The van der Waals surface area contributed by atoms with Gasteiger partial charge >= 0.3 is 0 Å². The summed E-state index contributed by atoms with van der Waals surface area (Å²) in [5.41, 5.74) is 4.97. The van der Waals surface area contributed by atoms with E-state index in [4.69, 9.17) is 4.98 Å². The first-order valence-electron chi connectivity index (χ1n) is 11.4. The number of nitrogens with one attached hydrogen (secondary N) is 1. The summed E-state index contributed by atoms with van der Waals surface area (Å²) < 4.78 is 0. The van der Waals surface area contributed by atoms with E-state index in [1.807, 2.05) is 0 Å². The molecule has 2 saturated heterocycles. The number of nitrogens with zero attached hydrogens (tertiary/aromatic N) is 3. The van der Waals surface area contributed by atoms with Crippen LogP contribution in [-0.4, -0.2) is 42.1 Å². The van der Waals surface area contributed by atoms with Crippen molar-refractivity contribution in [1.29, 1.82) is 0 Å². The Morgan fingerprint density at radius 3 is 2.43 bits per heavy atom. The van der Waals surface area contributed by atoms with E-state index in [1.54, 1.807) is 0 Å². The highest BCUT2D eigenvalue weighted by molar-refractivity contribution is 5.93. The van der Waals surface area contributed by atoms with Crippen molar-refractivity contribution in [3.8, 4) is 0 Å². The van der Waals surface area contributed by atoms with Crippen LogP contribution < -0.4 is 10.2 Å². The number of pyridine rings is 1. The lowest BCUT2D eigenvalue weighted by atomic mass is 10.0. The van der Waals surface area contributed by atoms with Gasteiger partial charge in [0.25, 0.3) is 0 Å². The van der Waals surface area contributed by atoms with Crippen molar-refractivity contribution in [3.63, 3.8) is 0 Å². The Kier molecular flexibility index (Phi) is 5.58. The van der Waals surface area contributed by atoms with Gasteiger partial charge in [-0.3, -0.25) is 0 Å². The molecule has 3 heterocycles. The van der Waals surface area contributed by atoms with E-state index in [9.17, 15) is 0 Å². The summed E-state index contributed by atoms with van der Waals surface area (Å²) in [7, 11) is 0. The van der Waals surface area contributed by atoms with Gasteiger partial charge in [-0.05, 0) is 57.3 Å². The molecule has 0 radical (unpaired) electrons. The van der Waals surface area contributed by atoms with Crippen molar-refractivity contribution in [3.05, 3.63) is 65.7 Å². The first kappa shape index (κ1) is 19.4. The van der Waals surface area contributed by atoms with Crippen molar-refractivity contribution >= 4 is 22.4 Å². The number of anilines is 2. The highest BCUT2D eigenvalue weighted by Crippen LogP contribution is 2.32. The Morgan fingerprint density at radius 2 is 1.67 bits per heavy atom. The van der Waals surface area contributed by atoms with E-state index in [-0.39, 0.29) is 0 Å². The molecule has 2 aromatic carbocycles. The Labute approximate surface area is 179 Å². The molecule has 5 rings (SSSR count). The molecule has 2 fully saturated rings. The molecule has 1 N–H and O–H groups in total. The molecule has 0 spiro atoms. The fraction of sp³-hybridized carbons (Fsp3) is 0.423. The second-order valence-corrected chi connectivity index (χ2v) is 8.84. The molecule has 30 heavy (non-hydrogen) atoms. The van der Waals surface area contributed by atoms with E-state index in [2.05, 4.69) is 76.6 Å². The smallest absolute Gasteiger partial charge is 0.129 e. The Morgan fingerprint density at radius 1 is 0.933 bits per heavy atom. The van der Waals surface area contributed by atoms with Crippen LogP contribution in [-0.2, 0) is 6.54 Å². The van der Waals surface area contributed by atoms with E-state index in [0.717, 1.165) is 37.0 Å². The molecule has 2 aliphatic rings. The molecule has 0 bridgehead atoms. The fourth-order valence-electron chi connectivity index (χ4n) is 4.99. The zero-order valence-electron chi connectivity index (χ0n) is 18.0.